The van der Waals surface area contributed by atoms with Gasteiger partial charge >= 0.3 is 5.97 Å². The zero-order valence-electron chi connectivity index (χ0n) is 9.90. The van der Waals surface area contributed by atoms with Gasteiger partial charge in [0.05, 0.1) is 0 Å². The van der Waals surface area contributed by atoms with Crippen LogP contribution >= 0.6 is 22.6 Å². The maximum Gasteiger partial charge on any atom is 0.322 e. The number of carbonyl (C=O) groups is 1. The summed E-state index contributed by atoms with van der Waals surface area (Å²) in [7, 11) is 0. The summed E-state index contributed by atoms with van der Waals surface area (Å²) in [6, 6.07) is 7.68. The van der Waals surface area contributed by atoms with Gasteiger partial charge in [-0.1, -0.05) is 47.7 Å². The predicted octanol–water partition coefficient (Wildman–Crippen LogP) is 3.27. The maximum atomic E-state index is 12.0. The molecule has 92 valence electrons. The molecule has 0 fully saturated rings. The fraction of sp³-hybridized carbons (Fsp3) is 0.462. The van der Waals surface area contributed by atoms with E-state index in [2.05, 4.69) is 22.6 Å². The molecule has 1 heterocycles. The number of esters is 1. The molecule has 1 aromatic carbocycles. The number of hydrogen-bond acceptors (Lipinski definition) is 3. The number of rotatable bonds is 3. The summed E-state index contributed by atoms with van der Waals surface area (Å²) >= 11 is 2.14. The van der Waals surface area contributed by atoms with Gasteiger partial charge in [0.2, 0.25) is 0 Å². The van der Waals surface area contributed by atoms with Gasteiger partial charge < -0.3 is 9.47 Å². The van der Waals surface area contributed by atoms with Crippen LogP contribution in [0.15, 0.2) is 24.3 Å². The van der Waals surface area contributed by atoms with Crippen molar-refractivity contribution in [2.24, 2.45) is 0 Å². The van der Waals surface area contributed by atoms with Crippen LogP contribution in [-0.4, -0.2) is 16.0 Å². The number of fused-ring (bicyclic) bond motifs is 1. The SMILES string of the molecule is CCC(C)(I)C(=O)OC1COc2ccccc21. The molecule has 0 bridgehead atoms. The van der Waals surface area contributed by atoms with Gasteiger partial charge in [-0.3, -0.25) is 4.79 Å². The first kappa shape index (κ1) is 12.7. The molecular weight excluding hydrogens is 331 g/mol. The normalized spacial score (nSPS) is 21.2. The zero-order valence-corrected chi connectivity index (χ0v) is 12.1. The molecule has 4 heteroatoms. The summed E-state index contributed by atoms with van der Waals surface area (Å²) in [5.74, 6) is 0.642. The Bertz CT molecular complexity index is 428. The minimum atomic E-state index is -0.463. The van der Waals surface area contributed by atoms with E-state index < -0.39 is 3.42 Å². The highest BCUT2D eigenvalue weighted by Gasteiger charge is 2.34. The Hall–Kier alpha value is -0.780. The second-order valence-corrected chi connectivity index (χ2v) is 6.67. The Labute approximate surface area is 115 Å². The van der Waals surface area contributed by atoms with E-state index >= 15 is 0 Å². The van der Waals surface area contributed by atoms with Gasteiger partial charge in [-0.25, -0.2) is 0 Å². The van der Waals surface area contributed by atoms with Crippen molar-refractivity contribution in [3.05, 3.63) is 29.8 Å². The third kappa shape index (κ3) is 2.56. The van der Waals surface area contributed by atoms with Crippen LogP contribution < -0.4 is 4.74 Å². The maximum absolute atomic E-state index is 12.0. The molecule has 1 aromatic rings. The van der Waals surface area contributed by atoms with E-state index in [1.54, 1.807) is 0 Å². The van der Waals surface area contributed by atoms with Gasteiger partial charge in [0.25, 0.3) is 0 Å². The van der Waals surface area contributed by atoms with E-state index in [0.717, 1.165) is 17.7 Å². The van der Waals surface area contributed by atoms with Crippen molar-refractivity contribution in [3.63, 3.8) is 0 Å². The number of carbonyl (C=O) groups excluding carboxylic acids is 1. The van der Waals surface area contributed by atoms with Crippen molar-refractivity contribution >= 4 is 28.6 Å². The van der Waals surface area contributed by atoms with Gasteiger partial charge in [-0.2, -0.15) is 0 Å². The lowest BCUT2D eigenvalue weighted by Gasteiger charge is -2.21. The average molecular weight is 346 g/mol. The molecule has 0 N–H and O–H groups in total. The standard InChI is InChI=1S/C13H15IO3/c1-3-13(2,14)12(15)17-11-8-16-10-7-5-4-6-9(10)11/h4-7,11H,3,8H2,1-2H3. The summed E-state index contributed by atoms with van der Waals surface area (Å²) < 4.78 is 10.5. The summed E-state index contributed by atoms with van der Waals surface area (Å²) in [6.07, 6.45) is 0.487. The van der Waals surface area contributed by atoms with Crippen LogP contribution in [0.2, 0.25) is 0 Å². The molecule has 0 saturated carbocycles. The Kier molecular flexibility index (Phi) is 3.61. The fourth-order valence-electron chi connectivity index (χ4n) is 1.63. The second kappa shape index (κ2) is 4.84. The van der Waals surface area contributed by atoms with E-state index in [1.807, 2.05) is 38.1 Å². The van der Waals surface area contributed by atoms with Crippen LogP contribution in [0.5, 0.6) is 5.75 Å². The van der Waals surface area contributed by atoms with E-state index in [9.17, 15) is 4.79 Å². The Morgan fingerprint density at radius 1 is 1.59 bits per heavy atom. The molecule has 2 rings (SSSR count). The van der Waals surface area contributed by atoms with Crippen LogP contribution in [0.25, 0.3) is 0 Å². The Morgan fingerprint density at radius 2 is 2.29 bits per heavy atom. The molecule has 3 nitrogen and oxygen atoms in total. The number of halogens is 1. The molecule has 0 aromatic heterocycles. The van der Waals surface area contributed by atoms with Gasteiger partial charge in [0.15, 0.2) is 6.10 Å². The number of para-hydroxylation sites is 1. The number of ether oxygens (including phenoxy) is 2. The molecule has 0 radical (unpaired) electrons. The Balaban J connectivity index is 2.10. The smallest absolute Gasteiger partial charge is 0.322 e. The quantitative estimate of drug-likeness (QED) is 0.479. The highest BCUT2D eigenvalue weighted by atomic mass is 127. The highest BCUT2D eigenvalue weighted by Crippen LogP contribution is 2.36. The first-order valence-corrected chi connectivity index (χ1v) is 6.74. The minimum absolute atomic E-state index is 0.175. The lowest BCUT2D eigenvalue weighted by atomic mass is 10.1. The molecule has 2 atom stereocenters. The molecule has 0 amide bonds. The van der Waals surface area contributed by atoms with Crippen LogP contribution in [0.3, 0.4) is 0 Å². The van der Waals surface area contributed by atoms with Crippen LogP contribution in [-0.2, 0) is 9.53 Å². The third-order valence-electron chi connectivity index (χ3n) is 2.99. The molecular formula is C13H15IO3. The number of hydrogen-bond donors (Lipinski definition) is 0. The van der Waals surface area contributed by atoms with Crippen molar-refractivity contribution in [3.8, 4) is 5.75 Å². The van der Waals surface area contributed by atoms with Gasteiger partial charge in [0, 0.05) is 5.56 Å². The van der Waals surface area contributed by atoms with Crippen molar-refractivity contribution in [1.82, 2.24) is 0 Å². The molecule has 0 saturated heterocycles. The van der Waals surface area contributed by atoms with Crippen LogP contribution in [0, 0.1) is 0 Å². The van der Waals surface area contributed by atoms with E-state index in [4.69, 9.17) is 9.47 Å². The topological polar surface area (TPSA) is 35.5 Å². The predicted molar refractivity (Wildman–Crippen MR) is 73.5 cm³/mol. The highest BCUT2D eigenvalue weighted by molar-refractivity contribution is 14.1. The van der Waals surface area contributed by atoms with Crippen LogP contribution in [0.1, 0.15) is 31.9 Å². The van der Waals surface area contributed by atoms with E-state index in [0.29, 0.717) is 6.61 Å². The molecule has 0 aliphatic carbocycles. The fourth-order valence-corrected chi connectivity index (χ4v) is 1.75. The van der Waals surface area contributed by atoms with Crippen molar-refractivity contribution < 1.29 is 14.3 Å². The molecule has 1 aliphatic heterocycles. The van der Waals surface area contributed by atoms with Crippen molar-refractivity contribution in [1.29, 1.82) is 0 Å². The van der Waals surface area contributed by atoms with Gasteiger partial charge in [-0.15, -0.1) is 0 Å². The third-order valence-corrected chi connectivity index (χ3v) is 4.20. The average Bonchev–Trinajstić information content (AvgIpc) is 2.73. The lowest BCUT2D eigenvalue weighted by Crippen LogP contribution is -2.31. The summed E-state index contributed by atoms with van der Waals surface area (Å²) in [6.45, 7) is 4.28. The summed E-state index contributed by atoms with van der Waals surface area (Å²) in [4.78, 5) is 12.0. The van der Waals surface area contributed by atoms with Gasteiger partial charge in [0.1, 0.15) is 15.8 Å². The van der Waals surface area contributed by atoms with E-state index in [-0.39, 0.29) is 12.1 Å². The van der Waals surface area contributed by atoms with E-state index in [1.165, 1.54) is 0 Å². The molecule has 0 spiro atoms. The minimum Gasteiger partial charge on any atom is -0.489 e. The molecule has 17 heavy (non-hydrogen) atoms. The monoisotopic (exact) mass is 346 g/mol. The molecule has 2 unspecified atom stereocenters. The summed E-state index contributed by atoms with van der Waals surface area (Å²) in [5, 5.41) is 0. The zero-order chi connectivity index (χ0) is 12.5. The van der Waals surface area contributed by atoms with Crippen molar-refractivity contribution in [2.75, 3.05) is 6.61 Å². The first-order valence-electron chi connectivity index (χ1n) is 5.66. The summed E-state index contributed by atoms with van der Waals surface area (Å²) in [5.41, 5.74) is 0.962. The molecule has 1 aliphatic rings. The largest absolute Gasteiger partial charge is 0.489 e. The number of alkyl halides is 1. The second-order valence-electron chi connectivity index (χ2n) is 4.29. The van der Waals surface area contributed by atoms with Crippen molar-refractivity contribution in [2.45, 2.75) is 29.8 Å². The number of benzene rings is 1. The van der Waals surface area contributed by atoms with Crippen LogP contribution in [0.4, 0.5) is 0 Å². The lowest BCUT2D eigenvalue weighted by molar-refractivity contribution is -0.151. The first-order chi connectivity index (χ1) is 8.04. The Morgan fingerprint density at radius 3 is 3.00 bits per heavy atom. The van der Waals surface area contributed by atoms with Gasteiger partial charge in [-0.05, 0) is 19.4 Å².